The number of piperidine rings is 1. The van der Waals surface area contributed by atoms with Gasteiger partial charge in [0.05, 0.1) is 0 Å². The van der Waals surface area contributed by atoms with Crippen molar-refractivity contribution in [1.82, 2.24) is 10.2 Å². The van der Waals surface area contributed by atoms with Gasteiger partial charge < -0.3 is 10.2 Å². The highest BCUT2D eigenvalue weighted by Gasteiger charge is 2.25. The van der Waals surface area contributed by atoms with E-state index in [0.717, 1.165) is 26.1 Å². The third-order valence-electron chi connectivity index (χ3n) is 3.97. The molecule has 2 nitrogen and oxygen atoms in total. The first-order valence-electron chi connectivity index (χ1n) is 7.69. The van der Waals surface area contributed by atoms with Crippen LogP contribution in [0.15, 0.2) is 24.3 Å². The van der Waals surface area contributed by atoms with E-state index in [-0.39, 0.29) is 5.82 Å². The summed E-state index contributed by atoms with van der Waals surface area (Å²) in [5.74, 6) is 1.20. The van der Waals surface area contributed by atoms with Gasteiger partial charge in [0.1, 0.15) is 5.82 Å². The predicted molar refractivity (Wildman–Crippen MR) is 82.3 cm³/mol. The van der Waals surface area contributed by atoms with E-state index in [9.17, 15) is 4.39 Å². The molecule has 1 aromatic carbocycles. The predicted octanol–water partition coefficient (Wildman–Crippen LogP) is 2.93. The number of nitrogens with zero attached hydrogens (tertiary/aromatic N) is 1. The highest BCUT2D eigenvalue weighted by atomic mass is 19.1. The molecule has 1 aliphatic heterocycles. The third kappa shape index (κ3) is 4.88. The van der Waals surface area contributed by atoms with Crippen molar-refractivity contribution in [2.45, 2.75) is 32.7 Å². The van der Waals surface area contributed by atoms with Crippen LogP contribution in [0, 0.1) is 17.7 Å². The molecule has 0 radical (unpaired) electrons. The monoisotopic (exact) mass is 278 g/mol. The van der Waals surface area contributed by atoms with Gasteiger partial charge in [0.2, 0.25) is 0 Å². The minimum atomic E-state index is -0.147. The van der Waals surface area contributed by atoms with Crippen LogP contribution < -0.4 is 5.32 Å². The van der Waals surface area contributed by atoms with E-state index in [1.165, 1.54) is 12.0 Å². The van der Waals surface area contributed by atoms with Gasteiger partial charge in [-0.25, -0.2) is 4.39 Å². The standard InChI is InChI=1S/C17H27FN2/c1-13(2)10-19-17-9-15(11-20(3)12-17)8-14-4-6-16(18)7-5-14/h4-7,13,15,17,19H,8-12H2,1-3H3. The molecule has 0 amide bonds. The second-order valence-electron chi connectivity index (χ2n) is 6.65. The van der Waals surface area contributed by atoms with Gasteiger partial charge in [-0.2, -0.15) is 0 Å². The Morgan fingerprint density at radius 1 is 1.25 bits per heavy atom. The molecular formula is C17H27FN2. The highest BCUT2D eigenvalue weighted by molar-refractivity contribution is 5.17. The Bertz CT molecular complexity index is 402. The van der Waals surface area contributed by atoms with Crippen molar-refractivity contribution in [2.75, 3.05) is 26.7 Å². The number of rotatable bonds is 5. The van der Waals surface area contributed by atoms with Crippen LogP contribution in [-0.2, 0) is 6.42 Å². The molecule has 2 unspecified atom stereocenters. The molecule has 0 aromatic heterocycles. The highest BCUT2D eigenvalue weighted by Crippen LogP contribution is 2.20. The second-order valence-corrected chi connectivity index (χ2v) is 6.65. The molecule has 0 saturated carbocycles. The zero-order valence-corrected chi connectivity index (χ0v) is 12.9. The molecule has 0 aliphatic carbocycles. The van der Waals surface area contributed by atoms with Gasteiger partial charge in [-0.15, -0.1) is 0 Å². The van der Waals surface area contributed by atoms with Gasteiger partial charge in [-0.05, 0) is 56.0 Å². The number of nitrogens with one attached hydrogen (secondary N) is 1. The summed E-state index contributed by atoms with van der Waals surface area (Å²) >= 11 is 0. The van der Waals surface area contributed by atoms with Crippen LogP contribution >= 0.6 is 0 Å². The maximum atomic E-state index is 12.9. The summed E-state index contributed by atoms with van der Waals surface area (Å²) in [7, 11) is 2.20. The minimum absolute atomic E-state index is 0.147. The zero-order valence-electron chi connectivity index (χ0n) is 12.9. The number of hydrogen-bond donors (Lipinski definition) is 1. The van der Waals surface area contributed by atoms with Crippen molar-refractivity contribution in [3.63, 3.8) is 0 Å². The Labute approximate surface area is 122 Å². The van der Waals surface area contributed by atoms with Crippen molar-refractivity contribution < 1.29 is 4.39 Å². The number of likely N-dealkylation sites (N-methyl/N-ethyl adjacent to an activating group) is 1. The van der Waals surface area contributed by atoms with E-state index in [2.05, 4.69) is 31.1 Å². The van der Waals surface area contributed by atoms with Crippen molar-refractivity contribution in [3.05, 3.63) is 35.6 Å². The maximum Gasteiger partial charge on any atom is 0.123 e. The van der Waals surface area contributed by atoms with Gasteiger partial charge in [0.15, 0.2) is 0 Å². The van der Waals surface area contributed by atoms with E-state index in [4.69, 9.17) is 0 Å². The Hall–Kier alpha value is -0.930. The largest absolute Gasteiger partial charge is 0.312 e. The number of likely N-dealkylation sites (tertiary alicyclic amines) is 1. The van der Waals surface area contributed by atoms with Crippen molar-refractivity contribution in [1.29, 1.82) is 0 Å². The molecule has 2 rings (SSSR count). The molecule has 1 aromatic rings. The summed E-state index contributed by atoms with van der Waals surface area (Å²) in [6.07, 6.45) is 2.26. The fourth-order valence-corrected chi connectivity index (χ4v) is 3.09. The zero-order chi connectivity index (χ0) is 14.5. The molecule has 3 heteroatoms. The molecule has 2 atom stereocenters. The van der Waals surface area contributed by atoms with E-state index in [0.29, 0.717) is 17.9 Å². The number of benzene rings is 1. The number of hydrogen-bond acceptors (Lipinski definition) is 2. The summed E-state index contributed by atoms with van der Waals surface area (Å²) in [4.78, 5) is 2.41. The summed E-state index contributed by atoms with van der Waals surface area (Å²) < 4.78 is 12.9. The average Bonchev–Trinajstić information content (AvgIpc) is 2.38. The van der Waals surface area contributed by atoms with Gasteiger partial charge in [0, 0.05) is 19.1 Å². The summed E-state index contributed by atoms with van der Waals surface area (Å²) in [6.45, 7) is 7.84. The lowest BCUT2D eigenvalue weighted by atomic mass is 9.89. The molecule has 0 bridgehead atoms. The molecule has 1 heterocycles. The Balaban J connectivity index is 1.88. The molecule has 1 aliphatic rings. The number of halogens is 1. The topological polar surface area (TPSA) is 15.3 Å². The van der Waals surface area contributed by atoms with Gasteiger partial charge in [-0.3, -0.25) is 0 Å². The molecule has 1 saturated heterocycles. The Morgan fingerprint density at radius 3 is 2.60 bits per heavy atom. The average molecular weight is 278 g/mol. The SMILES string of the molecule is CC(C)CNC1CC(Cc2ccc(F)cc2)CN(C)C1. The van der Waals surface area contributed by atoms with Crippen molar-refractivity contribution >= 4 is 0 Å². The Kier molecular flexibility index (Phi) is 5.55. The smallest absolute Gasteiger partial charge is 0.123 e. The first-order valence-corrected chi connectivity index (χ1v) is 7.69. The van der Waals surface area contributed by atoms with E-state index < -0.39 is 0 Å². The van der Waals surface area contributed by atoms with Crippen LogP contribution in [0.1, 0.15) is 25.8 Å². The maximum absolute atomic E-state index is 12.9. The lowest BCUT2D eigenvalue weighted by molar-refractivity contribution is 0.166. The van der Waals surface area contributed by atoms with Gasteiger partial charge >= 0.3 is 0 Å². The van der Waals surface area contributed by atoms with Gasteiger partial charge in [-0.1, -0.05) is 26.0 Å². The van der Waals surface area contributed by atoms with Crippen LogP contribution in [0.3, 0.4) is 0 Å². The van der Waals surface area contributed by atoms with Crippen LogP contribution in [0.25, 0.3) is 0 Å². The molecular weight excluding hydrogens is 251 g/mol. The van der Waals surface area contributed by atoms with E-state index >= 15 is 0 Å². The van der Waals surface area contributed by atoms with Crippen LogP contribution in [0.5, 0.6) is 0 Å². The first kappa shape index (κ1) is 15.5. The fraction of sp³-hybridized carbons (Fsp3) is 0.647. The minimum Gasteiger partial charge on any atom is -0.312 e. The van der Waals surface area contributed by atoms with Crippen LogP contribution in [0.4, 0.5) is 4.39 Å². The normalized spacial score (nSPS) is 24.2. The quantitative estimate of drug-likeness (QED) is 0.891. The second kappa shape index (κ2) is 7.19. The summed E-state index contributed by atoms with van der Waals surface area (Å²) in [5.41, 5.74) is 1.24. The lowest BCUT2D eigenvalue weighted by Crippen LogP contribution is -2.48. The fourth-order valence-electron chi connectivity index (χ4n) is 3.09. The molecule has 0 spiro atoms. The van der Waals surface area contributed by atoms with Crippen molar-refractivity contribution in [2.24, 2.45) is 11.8 Å². The summed E-state index contributed by atoms with van der Waals surface area (Å²) in [6, 6.07) is 7.55. The first-order chi connectivity index (χ1) is 9.52. The third-order valence-corrected chi connectivity index (χ3v) is 3.97. The molecule has 20 heavy (non-hydrogen) atoms. The lowest BCUT2D eigenvalue weighted by Gasteiger charge is -2.36. The van der Waals surface area contributed by atoms with E-state index in [1.54, 1.807) is 12.1 Å². The van der Waals surface area contributed by atoms with Crippen molar-refractivity contribution in [3.8, 4) is 0 Å². The summed E-state index contributed by atoms with van der Waals surface area (Å²) in [5, 5.41) is 3.67. The molecule has 112 valence electrons. The van der Waals surface area contributed by atoms with Crippen LogP contribution in [0.2, 0.25) is 0 Å². The van der Waals surface area contributed by atoms with E-state index in [1.807, 2.05) is 12.1 Å². The Morgan fingerprint density at radius 2 is 1.95 bits per heavy atom. The van der Waals surface area contributed by atoms with Gasteiger partial charge in [0.25, 0.3) is 0 Å². The molecule has 1 fully saturated rings. The van der Waals surface area contributed by atoms with Crippen LogP contribution in [-0.4, -0.2) is 37.6 Å². The molecule has 1 N–H and O–H groups in total.